The van der Waals surface area contributed by atoms with Crippen LogP contribution in [0.25, 0.3) is 0 Å². The number of aliphatic imine (C=N–C) groups is 1. The van der Waals surface area contributed by atoms with Crippen LogP contribution in [0.2, 0.25) is 5.02 Å². The first kappa shape index (κ1) is 22.2. The Labute approximate surface area is 196 Å². The van der Waals surface area contributed by atoms with Crippen molar-refractivity contribution in [2.75, 3.05) is 12.4 Å². The predicted octanol–water partition coefficient (Wildman–Crippen LogP) is 5.43. The van der Waals surface area contributed by atoms with E-state index in [1.807, 2.05) is 53.6 Å². The number of fused-ring (bicyclic) bond motifs is 1. The van der Waals surface area contributed by atoms with Crippen LogP contribution in [-0.2, 0) is 14.3 Å². The van der Waals surface area contributed by atoms with Crippen molar-refractivity contribution in [2.45, 2.75) is 26.3 Å². The van der Waals surface area contributed by atoms with Gasteiger partial charge in [0.1, 0.15) is 0 Å². The maximum absolute atomic E-state index is 12.8. The number of allylic oxidation sites excluding steroid dienone is 1. The minimum atomic E-state index is -0.472. The van der Waals surface area contributed by atoms with Gasteiger partial charge >= 0.3 is 5.97 Å². The second-order valence-corrected chi connectivity index (χ2v) is 8.80. The van der Waals surface area contributed by atoms with Crippen molar-refractivity contribution in [3.8, 4) is 0 Å². The van der Waals surface area contributed by atoms with E-state index in [-0.39, 0.29) is 12.3 Å². The number of anilines is 1. The van der Waals surface area contributed by atoms with Crippen LogP contribution in [-0.4, -0.2) is 29.1 Å². The second kappa shape index (κ2) is 9.22. The summed E-state index contributed by atoms with van der Waals surface area (Å²) in [4.78, 5) is 32.1. The van der Waals surface area contributed by atoms with Crippen molar-refractivity contribution in [1.82, 2.24) is 4.90 Å². The van der Waals surface area contributed by atoms with E-state index >= 15 is 0 Å². The van der Waals surface area contributed by atoms with Crippen LogP contribution in [0.5, 0.6) is 0 Å². The van der Waals surface area contributed by atoms with Crippen molar-refractivity contribution in [3.63, 3.8) is 0 Å². The molecule has 0 radical (unpaired) electrons. The number of hydrogen-bond acceptors (Lipinski definition) is 6. The third kappa shape index (κ3) is 4.45. The first-order valence-corrected chi connectivity index (χ1v) is 11.3. The summed E-state index contributed by atoms with van der Waals surface area (Å²) in [5.74, 6) is -0.603. The number of thioether (sulfide) groups is 1. The lowest BCUT2D eigenvalue weighted by Crippen LogP contribution is -2.37. The number of carbonyl (C=O) groups is 2. The van der Waals surface area contributed by atoms with Crippen LogP contribution in [0.4, 0.5) is 5.69 Å². The van der Waals surface area contributed by atoms with Gasteiger partial charge in [-0.1, -0.05) is 53.2 Å². The van der Waals surface area contributed by atoms with Crippen LogP contribution in [0, 0.1) is 6.92 Å². The first-order valence-electron chi connectivity index (χ1n) is 10.0. The topological polar surface area (TPSA) is 71.0 Å². The highest BCUT2D eigenvalue weighted by Crippen LogP contribution is 2.45. The average molecular weight is 468 g/mol. The van der Waals surface area contributed by atoms with Gasteiger partial charge < -0.3 is 15.0 Å². The largest absolute Gasteiger partial charge is 0.466 e. The molecule has 0 saturated carbocycles. The Kier molecular flexibility index (Phi) is 6.39. The summed E-state index contributed by atoms with van der Waals surface area (Å²) in [6.45, 7) is 3.79. The maximum Gasteiger partial charge on any atom is 0.338 e. The van der Waals surface area contributed by atoms with Gasteiger partial charge in [0.15, 0.2) is 5.17 Å². The quantitative estimate of drug-likeness (QED) is 0.594. The molecule has 1 amide bonds. The summed E-state index contributed by atoms with van der Waals surface area (Å²) >= 11 is 7.52. The number of ether oxygens (including phenoxy) is 1. The van der Waals surface area contributed by atoms with Crippen LogP contribution in [0.1, 0.15) is 30.5 Å². The number of methoxy groups -OCH3 is 1. The fourth-order valence-corrected chi connectivity index (χ4v) is 4.80. The fourth-order valence-electron chi connectivity index (χ4n) is 3.71. The molecule has 0 aliphatic carbocycles. The molecule has 2 aromatic rings. The molecular formula is C24H22ClN3O3S. The number of amides is 1. The molecule has 2 heterocycles. The number of benzene rings is 2. The van der Waals surface area contributed by atoms with Crippen molar-refractivity contribution >= 4 is 46.1 Å². The van der Waals surface area contributed by atoms with Gasteiger partial charge in [-0.2, -0.15) is 0 Å². The smallest absolute Gasteiger partial charge is 0.338 e. The van der Waals surface area contributed by atoms with E-state index in [1.54, 1.807) is 19.1 Å². The van der Waals surface area contributed by atoms with E-state index in [4.69, 9.17) is 16.3 Å². The Hall–Kier alpha value is -3.03. The van der Waals surface area contributed by atoms with Crippen LogP contribution >= 0.6 is 23.4 Å². The molecule has 2 aliphatic rings. The summed E-state index contributed by atoms with van der Waals surface area (Å²) < 4.78 is 5.06. The highest BCUT2D eigenvalue weighted by atomic mass is 35.5. The molecule has 6 nitrogen and oxygen atoms in total. The van der Waals surface area contributed by atoms with E-state index < -0.39 is 12.0 Å². The summed E-state index contributed by atoms with van der Waals surface area (Å²) in [6.07, 6.45) is 0.136. The number of hydrogen-bond donors (Lipinski definition) is 1. The molecular weight excluding hydrogens is 446 g/mol. The lowest BCUT2D eigenvalue weighted by molar-refractivity contribution is -0.136. The zero-order valence-electron chi connectivity index (χ0n) is 17.9. The zero-order valence-corrected chi connectivity index (χ0v) is 19.5. The summed E-state index contributed by atoms with van der Waals surface area (Å²) in [5, 5.41) is 6.15. The van der Waals surface area contributed by atoms with Crippen LogP contribution in [0.15, 0.2) is 75.9 Å². The Morgan fingerprint density at radius 1 is 1.12 bits per heavy atom. The lowest BCUT2D eigenvalue weighted by atomic mass is 9.94. The Bertz CT molecular complexity index is 1150. The minimum absolute atomic E-state index is 0.136. The molecule has 0 aromatic heterocycles. The molecule has 1 N–H and O–H groups in total. The number of halogens is 1. The Morgan fingerprint density at radius 3 is 2.47 bits per heavy atom. The third-order valence-corrected chi connectivity index (χ3v) is 6.41. The normalized spacial score (nSPS) is 17.5. The highest BCUT2D eigenvalue weighted by Gasteiger charge is 2.40. The summed E-state index contributed by atoms with van der Waals surface area (Å²) in [5.41, 5.74) is 4.50. The monoisotopic (exact) mass is 467 g/mol. The van der Waals surface area contributed by atoms with E-state index in [2.05, 4.69) is 10.3 Å². The van der Waals surface area contributed by atoms with Gasteiger partial charge in [-0.05, 0) is 49.1 Å². The van der Waals surface area contributed by atoms with Crippen LogP contribution < -0.4 is 5.32 Å². The SMILES string of the molecule is COC(=O)C1=C(C)N=C2SC=C(CC(=O)Nc3ccc(C)cc3)N2C1c1ccc(Cl)cc1. The molecule has 2 aliphatic heterocycles. The van der Waals surface area contributed by atoms with Crippen molar-refractivity contribution in [3.05, 3.63) is 87.1 Å². The van der Waals surface area contributed by atoms with Gasteiger partial charge in [0.25, 0.3) is 0 Å². The molecule has 0 bridgehead atoms. The minimum Gasteiger partial charge on any atom is -0.466 e. The fraction of sp³-hybridized carbons (Fsp3) is 0.208. The molecule has 0 fully saturated rings. The van der Waals surface area contributed by atoms with Gasteiger partial charge in [0.2, 0.25) is 5.91 Å². The first-order chi connectivity index (χ1) is 15.4. The zero-order chi connectivity index (χ0) is 22.8. The molecule has 0 spiro atoms. The van der Waals surface area contributed by atoms with Crippen molar-refractivity contribution < 1.29 is 14.3 Å². The Morgan fingerprint density at radius 2 is 1.81 bits per heavy atom. The molecule has 4 rings (SSSR count). The number of aryl methyl sites for hydroxylation is 1. The van der Waals surface area contributed by atoms with E-state index in [9.17, 15) is 9.59 Å². The van der Waals surface area contributed by atoms with E-state index in [0.717, 1.165) is 22.5 Å². The van der Waals surface area contributed by atoms with Crippen LogP contribution in [0.3, 0.4) is 0 Å². The third-order valence-electron chi connectivity index (χ3n) is 5.27. The predicted molar refractivity (Wildman–Crippen MR) is 128 cm³/mol. The molecule has 1 atom stereocenters. The van der Waals surface area contributed by atoms with Crippen molar-refractivity contribution in [1.29, 1.82) is 0 Å². The number of nitrogens with one attached hydrogen (secondary N) is 1. The molecule has 8 heteroatoms. The average Bonchev–Trinajstić information content (AvgIpc) is 3.16. The molecule has 1 unspecified atom stereocenters. The van der Waals surface area contributed by atoms with Gasteiger partial charge in [-0.3, -0.25) is 4.79 Å². The molecule has 2 aromatic carbocycles. The maximum atomic E-state index is 12.8. The molecule has 164 valence electrons. The number of amidine groups is 1. The number of nitrogens with zero attached hydrogens (tertiary/aromatic N) is 2. The number of rotatable bonds is 5. The number of carbonyl (C=O) groups excluding carboxylic acids is 2. The van der Waals surface area contributed by atoms with E-state index in [0.29, 0.717) is 21.5 Å². The van der Waals surface area contributed by atoms with Gasteiger partial charge in [0.05, 0.1) is 30.8 Å². The molecule has 0 saturated heterocycles. The summed E-state index contributed by atoms with van der Waals surface area (Å²) in [6, 6.07) is 14.5. The molecule has 32 heavy (non-hydrogen) atoms. The lowest BCUT2D eigenvalue weighted by Gasteiger charge is -2.36. The van der Waals surface area contributed by atoms with Gasteiger partial charge in [-0.15, -0.1) is 0 Å². The summed E-state index contributed by atoms with van der Waals surface area (Å²) in [7, 11) is 1.35. The standard InChI is InChI=1S/C24H22ClN3O3S/c1-14-4-10-18(11-5-14)27-20(29)12-19-13-32-24-26-15(2)21(23(30)31-3)22(28(19)24)16-6-8-17(25)9-7-16/h4-11,13,22H,12H2,1-3H3,(H,27,29). The highest BCUT2D eigenvalue weighted by molar-refractivity contribution is 8.16. The Balaban J connectivity index is 1.65. The van der Waals surface area contributed by atoms with E-state index in [1.165, 1.54) is 18.9 Å². The van der Waals surface area contributed by atoms with Gasteiger partial charge in [0, 0.05) is 16.4 Å². The second-order valence-electron chi connectivity index (χ2n) is 7.53. The van der Waals surface area contributed by atoms with Crippen molar-refractivity contribution in [2.24, 2.45) is 4.99 Å². The van der Waals surface area contributed by atoms with Gasteiger partial charge in [-0.25, -0.2) is 9.79 Å². The number of esters is 1.